The molecule has 3 aromatic rings. The fourth-order valence-electron chi connectivity index (χ4n) is 3.51. The number of aryl methyl sites for hydroxylation is 1. The standard InChI is InChI=1S/C21H15Cl2N5O/c1-25-20-13(5-6-16(22)19(20)23)21-15(9-27-28(21)2)11-3-4-12-14(7-11)17(8-24)26-10-18(12)29/h3-7,9H,8,10,24H2,2H3. The van der Waals surface area contributed by atoms with Crippen molar-refractivity contribution >= 4 is 40.4 Å². The van der Waals surface area contributed by atoms with Gasteiger partial charge in [-0.25, -0.2) is 4.85 Å². The maximum atomic E-state index is 12.2. The molecule has 0 unspecified atom stereocenters. The third-order valence-corrected chi connectivity index (χ3v) is 5.72. The minimum atomic E-state index is -0.0325. The number of hydrogen-bond acceptors (Lipinski definition) is 4. The monoisotopic (exact) mass is 423 g/mol. The molecule has 6 nitrogen and oxygen atoms in total. The maximum Gasteiger partial charge on any atom is 0.216 e. The van der Waals surface area contributed by atoms with E-state index >= 15 is 0 Å². The lowest BCUT2D eigenvalue weighted by atomic mass is 9.91. The molecule has 0 saturated heterocycles. The van der Waals surface area contributed by atoms with E-state index in [9.17, 15) is 4.79 Å². The Bertz CT molecular complexity index is 1240. The van der Waals surface area contributed by atoms with Gasteiger partial charge in [0, 0.05) is 40.9 Å². The number of aromatic nitrogens is 2. The van der Waals surface area contributed by atoms with Crippen molar-refractivity contribution in [2.45, 2.75) is 0 Å². The second-order valence-electron chi connectivity index (χ2n) is 6.55. The van der Waals surface area contributed by atoms with Crippen molar-refractivity contribution in [2.24, 2.45) is 17.8 Å². The zero-order valence-corrected chi connectivity index (χ0v) is 16.9. The zero-order chi connectivity index (χ0) is 20.7. The first kappa shape index (κ1) is 19.3. The van der Waals surface area contributed by atoms with Gasteiger partial charge in [0.2, 0.25) is 5.69 Å². The summed E-state index contributed by atoms with van der Waals surface area (Å²) in [6, 6.07) is 8.98. The van der Waals surface area contributed by atoms with Crippen LogP contribution in [0, 0.1) is 6.57 Å². The molecule has 4 rings (SSSR count). The highest BCUT2D eigenvalue weighted by atomic mass is 35.5. The molecule has 0 amide bonds. The fraction of sp³-hybridized carbons (Fsp3) is 0.143. The van der Waals surface area contributed by atoms with Gasteiger partial charge in [-0.3, -0.25) is 14.5 Å². The number of Topliss-reactive ketones (excluding diaryl/α,β-unsaturated/α-hetero) is 1. The quantitative estimate of drug-likeness (QED) is 0.627. The van der Waals surface area contributed by atoms with Crippen LogP contribution in [0.1, 0.15) is 15.9 Å². The highest BCUT2D eigenvalue weighted by Gasteiger charge is 2.23. The Morgan fingerprint density at radius 2 is 1.93 bits per heavy atom. The SMILES string of the molecule is [C-]#[N+]c1c(-c2c(-c3ccc4c(c3)C(CN)=NCC4=O)cnn2C)ccc(Cl)c1Cl. The predicted molar refractivity (Wildman–Crippen MR) is 115 cm³/mol. The number of benzene rings is 2. The summed E-state index contributed by atoms with van der Waals surface area (Å²) in [6.07, 6.45) is 1.72. The highest BCUT2D eigenvalue weighted by molar-refractivity contribution is 6.44. The van der Waals surface area contributed by atoms with E-state index in [2.05, 4.69) is 14.9 Å². The summed E-state index contributed by atoms with van der Waals surface area (Å²) < 4.78 is 1.69. The molecule has 2 heterocycles. The summed E-state index contributed by atoms with van der Waals surface area (Å²) in [5.74, 6) is -0.0325. The Hall–Kier alpha value is -2.98. The van der Waals surface area contributed by atoms with Gasteiger partial charge in [0.1, 0.15) is 6.54 Å². The molecule has 0 atom stereocenters. The number of hydrogen-bond donors (Lipinski definition) is 1. The number of fused-ring (bicyclic) bond motifs is 1. The van der Waals surface area contributed by atoms with Crippen LogP contribution in [-0.4, -0.2) is 34.4 Å². The van der Waals surface area contributed by atoms with Crippen molar-refractivity contribution in [1.29, 1.82) is 0 Å². The van der Waals surface area contributed by atoms with Gasteiger partial charge >= 0.3 is 0 Å². The maximum absolute atomic E-state index is 12.2. The van der Waals surface area contributed by atoms with Gasteiger partial charge in [-0.15, -0.1) is 0 Å². The third-order valence-electron chi connectivity index (χ3n) is 4.92. The summed E-state index contributed by atoms with van der Waals surface area (Å²) in [7, 11) is 1.80. The summed E-state index contributed by atoms with van der Waals surface area (Å²) in [5, 5.41) is 4.91. The summed E-state index contributed by atoms with van der Waals surface area (Å²) in [6.45, 7) is 7.92. The zero-order valence-electron chi connectivity index (χ0n) is 15.4. The first-order chi connectivity index (χ1) is 14.0. The molecule has 1 aromatic heterocycles. The Labute approximate surface area is 177 Å². The highest BCUT2D eigenvalue weighted by Crippen LogP contribution is 2.43. The number of ketones is 1. The molecule has 0 aliphatic carbocycles. The molecule has 0 saturated carbocycles. The van der Waals surface area contributed by atoms with Crippen LogP contribution >= 0.6 is 23.2 Å². The van der Waals surface area contributed by atoms with Crippen LogP contribution in [0.25, 0.3) is 27.2 Å². The van der Waals surface area contributed by atoms with Crippen molar-refractivity contribution in [1.82, 2.24) is 9.78 Å². The van der Waals surface area contributed by atoms with E-state index in [0.29, 0.717) is 21.9 Å². The van der Waals surface area contributed by atoms with E-state index in [1.165, 1.54) is 0 Å². The lowest BCUT2D eigenvalue weighted by Gasteiger charge is -2.17. The Balaban J connectivity index is 1.94. The van der Waals surface area contributed by atoms with Gasteiger partial charge in [0.05, 0.1) is 29.2 Å². The molecule has 2 aromatic carbocycles. The lowest BCUT2D eigenvalue weighted by molar-refractivity contribution is 0.1000. The second kappa shape index (κ2) is 7.45. The van der Waals surface area contributed by atoms with E-state index in [0.717, 1.165) is 22.4 Å². The van der Waals surface area contributed by atoms with Crippen molar-refractivity contribution in [3.8, 4) is 22.4 Å². The van der Waals surface area contributed by atoms with Crippen LogP contribution in [0.4, 0.5) is 5.69 Å². The van der Waals surface area contributed by atoms with Crippen molar-refractivity contribution < 1.29 is 4.79 Å². The van der Waals surface area contributed by atoms with Crippen LogP contribution in [0.3, 0.4) is 0 Å². The average molecular weight is 424 g/mol. The van der Waals surface area contributed by atoms with Gasteiger partial charge in [0.25, 0.3) is 0 Å². The smallest absolute Gasteiger partial charge is 0.216 e. The van der Waals surface area contributed by atoms with Crippen LogP contribution in [0.5, 0.6) is 0 Å². The molecule has 1 aliphatic rings. The first-order valence-corrected chi connectivity index (χ1v) is 9.51. The van der Waals surface area contributed by atoms with E-state index in [-0.39, 0.29) is 29.6 Å². The van der Waals surface area contributed by atoms with Crippen LogP contribution in [-0.2, 0) is 7.05 Å². The molecular formula is C21H15Cl2N5O. The molecule has 0 bridgehead atoms. The molecule has 29 heavy (non-hydrogen) atoms. The summed E-state index contributed by atoms with van der Waals surface area (Å²) >= 11 is 12.4. The number of aliphatic imine (C=N–C) groups is 1. The summed E-state index contributed by atoms with van der Waals surface area (Å²) in [4.78, 5) is 20.1. The molecular weight excluding hydrogens is 409 g/mol. The average Bonchev–Trinajstić information content (AvgIpc) is 3.11. The Kier molecular flexibility index (Phi) is 4.97. The summed E-state index contributed by atoms with van der Waals surface area (Å²) in [5.41, 5.74) is 11.1. The Morgan fingerprint density at radius 1 is 1.17 bits per heavy atom. The largest absolute Gasteiger partial charge is 0.325 e. The number of nitrogens with zero attached hydrogens (tertiary/aromatic N) is 4. The molecule has 144 valence electrons. The van der Waals surface area contributed by atoms with Crippen LogP contribution < -0.4 is 5.73 Å². The fourth-order valence-corrected chi connectivity index (χ4v) is 3.87. The molecule has 8 heteroatoms. The lowest BCUT2D eigenvalue weighted by Crippen LogP contribution is -2.24. The van der Waals surface area contributed by atoms with E-state index in [1.807, 2.05) is 12.1 Å². The Morgan fingerprint density at radius 3 is 2.66 bits per heavy atom. The van der Waals surface area contributed by atoms with Crippen molar-refractivity contribution in [3.63, 3.8) is 0 Å². The topological polar surface area (TPSA) is 77.6 Å². The van der Waals surface area contributed by atoms with E-state index in [1.54, 1.807) is 36.1 Å². The third kappa shape index (κ3) is 3.14. The second-order valence-corrected chi connectivity index (χ2v) is 7.34. The van der Waals surface area contributed by atoms with Gasteiger partial charge in [-0.1, -0.05) is 41.4 Å². The van der Waals surface area contributed by atoms with Crippen molar-refractivity contribution in [3.05, 3.63) is 69.1 Å². The molecule has 0 spiro atoms. The van der Waals surface area contributed by atoms with Crippen LogP contribution in [0.15, 0.2) is 41.5 Å². The number of carbonyl (C=O) groups excluding carboxylic acids is 1. The molecule has 2 N–H and O–H groups in total. The molecule has 0 radical (unpaired) electrons. The minimum Gasteiger partial charge on any atom is -0.325 e. The molecule has 0 fully saturated rings. The van der Waals surface area contributed by atoms with E-state index < -0.39 is 0 Å². The predicted octanol–water partition coefficient (Wildman–Crippen LogP) is 4.56. The minimum absolute atomic E-state index is 0.0325. The van der Waals surface area contributed by atoms with Gasteiger partial charge in [-0.05, 0) is 17.7 Å². The van der Waals surface area contributed by atoms with E-state index in [4.69, 9.17) is 35.5 Å². The number of rotatable bonds is 3. The molecule has 1 aliphatic heterocycles. The normalized spacial score (nSPS) is 13.1. The number of nitrogens with two attached hydrogens (primary N) is 1. The first-order valence-electron chi connectivity index (χ1n) is 8.75. The number of halogens is 2. The number of carbonyl (C=O) groups is 1. The van der Waals surface area contributed by atoms with Crippen LogP contribution in [0.2, 0.25) is 10.0 Å². The van der Waals surface area contributed by atoms with Gasteiger partial charge in [0.15, 0.2) is 5.78 Å². The van der Waals surface area contributed by atoms with Crippen molar-refractivity contribution in [2.75, 3.05) is 13.1 Å². The van der Waals surface area contributed by atoms with Gasteiger partial charge < -0.3 is 5.73 Å². The van der Waals surface area contributed by atoms with Gasteiger partial charge in [-0.2, -0.15) is 5.10 Å².